The van der Waals surface area contributed by atoms with E-state index in [1.807, 2.05) is 25.1 Å². The first kappa shape index (κ1) is 10.5. The Kier molecular flexibility index (Phi) is 2.95. The smallest absolute Gasteiger partial charge is 0.407 e. The molecule has 1 atom stereocenters. The highest BCUT2D eigenvalue weighted by Crippen LogP contribution is 2.26. The molecule has 0 spiro atoms. The van der Waals surface area contributed by atoms with Crippen LogP contribution in [0.4, 0.5) is 4.79 Å². The second kappa shape index (κ2) is 4.23. The third-order valence-corrected chi connectivity index (χ3v) is 3.04. The van der Waals surface area contributed by atoms with Gasteiger partial charge in [0.1, 0.15) is 0 Å². The summed E-state index contributed by atoms with van der Waals surface area (Å²) in [5, 5.41) is 2.82. The first-order valence-electron chi connectivity index (χ1n) is 4.86. The molecule has 0 unspecified atom stereocenters. The molecule has 1 aromatic carbocycles. The first-order chi connectivity index (χ1) is 7.16. The van der Waals surface area contributed by atoms with E-state index < -0.39 is 0 Å². The number of ether oxygens (including phenoxy) is 1. The van der Waals surface area contributed by atoms with Gasteiger partial charge in [-0.1, -0.05) is 22.0 Å². The van der Waals surface area contributed by atoms with Gasteiger partial charge < -0.3 is 10.1 Å². The Morgan fingerprint density at radius 1 is 1.53 bits per heavy atom. The Labute approximate surface area is 96.9 Å². The molecule has 4 heteroatoms. The van der Waals surface area contributed by atoms with Crippen molar-refractivity contribution < 1.29 is 9.53 Å². The van der Waals surface area contributed by atoms with Gasteiger partial charge in [-0.15, -0.1) is 0 Å². The zero-order chi connectivity index (χ0) is 10.8. The van der Waals surface area contributed by atoms with Crippen LogP contribution in [0.5, 0.6) is 0 Å². The molecule has 80 valence electrons. The van der Waals surface area contributed by atoms with Crippen LogP contribution in [0, 0.1) is 6.92 Å². The Bertz CT molecular complexity index is 392. The van der Waals surface area contributed by atoms with Crippen molar-refractivity contribution in [2.75, 3.05) is 6.61 Å². The van der Waals surface area contributed by atoms with Crippen LogP contribution in [-0.2, 0) is 4.74 Å². The number of cyclic esters (lactones) is 1. The maximum Gasteiger partial charge on any atom is 0.407 e. The summed E-state index contributed by atoms with van der Waals surface area (Å²) >= 11 is 3.43. The Hall–Kier alpha value is -1.03. The summed E-state index contributed by atoms with van der Waals surface area (Å²) in [5.74, 6) is 0. The molecule has 1 aromatic rings. The van der Waals surface area contributed by atoms with E-state index in [-0.39, 0.29) is 12.1 Å². The number of nitrogens with one attached hydrogen (secondary N) is 1. The van der Waals surface area contributed by atoms with E-state index in [0.717, 1.165) is 16.5 Å². The van der Waals surface area contributed by atoms with Crippen molar-refractivity contribution in [1.29, 1.82) is 0 Å². The minimum atomic E-state index is -0.328. The zero-order valence-corrected chi connectivity index (χ0v) is 10.0. The van der Waals surface area contributed by atoms with Crippen LogP contribution in [0.15, 0.2) is 22.7 Å². The lowest BCUT2D eigenvalue weighted by molar-refractivity contribution is 0.115. The molecule has 0 radical (unpaired) electrons. The molecule has 3 nitrogen and oxygen atoms in total. The fourth-order valence-corrected chi connectivity index (χ4v) is 2.12. The monoisotopic (exact) mass is 269 g/mol. The predicted molar refractivity (Wildman–Crippen MR) is 60.7 cm³/mol. The molecule has 1 heterocycles. The summed E-state index contributed by atoms with van der Waals surface area (Å²) in [5.41, 5.74) is 2.34. The summed E-state index contributed by atoms with van der Waals surface area (Å²) in [7, 11) is 0. The molecule has 2 rings (SSSR count). The van der Waals surface area contributed by atoms with Crippen molar-refractivity contribution in [1.82, 2.24) is 5.32 Å². The van der Waals surface area contributed by atoms with E-state index in [0.29, 0.717) is 6.61 Å². The van der Waals surface area contributed by atoms with Crippen LogP contribution < -0.4 is 5.32 Å². The van der Waals surface area contributed by atoms with E-state index >= 15 is 0 Å². The molecule has 1 aliphatic heterocycles. The molecular weight excluding hydrogens is 258 g/mol. The first-order valence-corrected chi connectivity index (χ1v) is 5.65. The second-order valence-corrected chi connectivity index (χ2v) is 4.54. The number of aryl methyl sites for hydroxylation is 1. The fourth-order valence-electron chi connectivity index (χ4n) is 1.75. The lowest BCUT2D eigenvalue weighted by Crippen LogP contribution is -2.35. The molecular formula is C11H12BrNO2. The number of hydrogen-bond acceptors (Lipinski definition) is 2. The van der Waals surface area contributed by atoms with Gasteiger partial charge in [-0.2, -0.15) is 0 Å². The lowest BCUT2D eigenvalue weighted by Gasteiger charge is -2.25. The second-order valence-electron chi connectivity index (χ2n) is 3.62. The van der Waals surface area contributed by atoms with Crippen LogP contribution in [0.2, 0.25) is 0 Å². The quantitative estimate of drug-likeness (QED) is 0.852. The summed E-state index contributed by atoms with van der Waals surface area (Å²) < 4.78 is 5.87. The number of alkyl carbamates (subject to hydrolysis) is 1. The Morgan fingerprint density at radius 3 is 3.07 bits per heavy atom. The van der Waals surface area contributed by atoms with Crippen LogP contribution in [0.3, 0.4) is 0 Å². The zero-order valence-electron chi connectivity index (χ0n) is 8.42. The molecule has 0 aliphatic carbocycles. The number of amides is 1. The van der Waals surface area contributed by atoms with Crippen LogP contribution in [0.25, 0.3) is 0 Å². The molecule has 1 amide bonds. The van der Waals surface area contributed by atoms with Crippen molar-refractivity contribution in [3.05, 3.63) is 33.8 Å². The van der Waals surface area contributed by atoms with Gasteiger partial charge in [-0.3, -0.25) is 0 Å². The largest absolute Gasteiger partial charge is 0.449 e. The summed E-state index contributed by atoms with van der Waals surface area (Å²) in [6.45, 7) is 2.53. The number of benzene rings is 1. The van der Waals surface area contributed by atoms with E-state index in [9.17, 15) is 4.79 Å². The number of hydrogen-bond donors (Lipinski definition) is 1. The Morgan fingerprint density at radius 2 is 2.33 bits per heavy atom. The van der Waals surface area contributed by atoms with E-state index in [2.05, 4.69) is 21.2 Å². The Balaban J connectivity index is 2.27. The van der Waals surface area contributed by atoms with Crippen molar-refractivity contribution >= 4 is 22.0 Å². The fraction of sp³-hybridized carbons (Fsp3) is 0.364. The lowest BCUT2D eigenvalue weighted by atomic mass is 9.99. The molecule has 1 aliphatic rings. The third-order valence-electron chi connectivity index (χ3n) is 2.55. The van der Waals surface area contributed by atoms with Gasteiger partial charge in [0, 0.05) is 10.9 Å². The number of carbonyl (C=O) groups is 1. The number of halogens is 1. The summed E-state index contributed by atoms with van der Waals surface area (Å²) in [6, 6.07) is 6.16. The van der Waals surface area contributed by atoms with E-state index in [4.69, 9.17) is 4.74 Å². The van der Waals surface area contributed by atoms with Gasteiger partial charge in [0.25, 0.3) is 0 Å². The topological polar surface area (TPSA) is 38.3 Å². The highest BCUT2D eigenvalue weighted by atomic mass is 79.9. The SMILES string of the molecule is Cc1ccc(Br)cc1[C@@H]1CCOC(=O)N1. The van der Waals surface area contributed by atoms with Crippen molar-refractivity contribution in [2.24, 2.45) is 0 Å². The van der Waals surface area contributed by atoms with Crippen LogP contribution in [-0.4, -0.2) is 12.7 Å². The molecule has 1 fully saturated rings. The molecule has 1 saturated heterocycles. The molecule has 0 bridgehead atoms. The van der Waals surface area contributed by atoms with Gasteiger partial charge in [0.05, 0.1) is 12.6 Å². The molecule has 0 aromatic heterocycles. The molecule has 15 heavy (non-hydrogen) atoms. The predicted octanol–water partition coefficient (Wildman–Crippen LogP) is 2.93. The minimum absolute atomic E-state index is 0.0729. The maximum atomic E-state index is 11.1. The van der Waals surface area contributed by atoms with Gasteiger partial charge in [0.2, 0.25) is 0 Å². The average Bonchev–Trinajstić information content (AvgIpc) is 2.22. The van der Waals surface area contributed by atoms with Gasteiger partial charge in [-0.05, 0) is 30.2 Å². The number of carbonyl (C=O) groups excluding carboxylic acids is 1. The van der Waals surface area contributed by atoms with Gasteiger partial charge in [-0.25, -0.2) is 4.79 Å². The maximum absolute atomic E-state index is 11.1. The van der Waals surface area contributed by atoms with Gasteiger partial charge >= 0.3 is 6.09 Å². The number of rotatable bonds is 1. The van der Waals surface area contributed by atoms with E-state index in [1.54, 1.807) is 0 Å². The van der Waals surface area contributed by atoms with Crippen LogP contribution in [0.1, 0.15) is 23.6 Å². The third kappa shape index (κ3) is 2.31. The van der Waals surface area contributed by atoms with Crippen molar-refractivity contribution in [3.63, 3.8) is 0 Å². The minimum Gasteiger partial charge on any atom is -0.449 e. The molecule has 0 saturated carbocycles. The normalized spacial score (nSPS) is 20.7. The standard InChI is InChI=1S/C11H12BrNO2/c1-7-2-3-8(12)6-9(7)10-4-5-15-11(14)13-10/h2-3,6,10H,4-5H2,1H3,(H,13,14)/t10-/m0/s1. The average molecular weight is 270 g/mol. The summed E-state index contributed by atoms with van der Waals surface area (Å²) in [4.78, 5) is 11.1. The van der Waals surface area contributed by atoms with Gasteiger partial charge in [0.15, 0.2) is 0 Å². The van der Waals surface area contributed by atoms with E-state index in [1.165, 1.54) is 5.56 Å². The molecule has 1 N–H and O–H groups in total. The van der Waals surface area contributed by atoms with Crippen LogP contribution >= 0.6 is 15.9 Å². The van der Waals surface area contributed by atoms with Crippen molar-refractivity contribution in [3.8, 4) is 0 Å². The highest BCUT2D eigenvalue weighted by molar-refractivity contribution is 9.10. The highest BCUT2D eigenvalue weighted by Gasteiger charge is 2.21. The van der Waals surface area contributed by atoms with Crippen molar-refractivity contribution in [2.45, 2.75) is 19.4 Å². The summed E-state index contributed by atoms with van der Waals surface area (Å²) in [6.07, 6.45) is 0.494.